The van der Waals surface area contributed by atoms with Crippen molar-refractivity contribution in [1.29, 1.82) is 0 Å². The number of allylic oxidation sites excluding steroid dienone is 2. The number of rotatable bonds is 4. The standard InChI is InChI=1S/C12H13NO/c1-11-5-7-12(8-6-11)13-9-3-2-4-10-14/h2,4-10H,3H2,1H3. The smallest absolute Gasteiger partial charge is 0.142 e. The fraction of sp³-hybridized carbons (Fsp3) is 0.167. The van der Waals surface area contributed by atoms with Crippen molar-refractivity contribution in [2.24, 2.45) is 4.99 Å². The van der Waals surface area contributed by atoms with Crippen molar-refractivity contribution in [3.8, 4) is 0 Å². The molecule has 2 heteroatoms. The highest BCUT2D eigenvalue weighted by molar-refractivity contribution is 5.69. The third-order valence-electron chi connectivity index (χ3n) is 1.73. The van der Waals surface area contributed by atoms with Gasteiger partial charge in [-0.25, -0.2) is 0 Å². The highest BCUT2D eigenvalue weighted by Crippen LogP contribution is 2.11. The molecule has 0 aliphatic heterocycles. The second-order valence-corrected chi connectivity index (χ2v) is 2.95. The van der Waals surface area contributed by atoms with Gasteiger partial charge in [0.2, 0.25) is 0 Å². The Morgan fingerprint density at radius 2 is 2.00 bits per heavy atom. The quantitative estimate of drug-likeness (QED) is 0.405. The molecule has 0 aliphatic rings. The van der Waals surface area contributed by atoms with E-state index in [0.29, 0.717) is 6.42 Å². The lowest BCUT2D eigenvalue weighted by atomic mass is 10.2. The van der Waals surface area contributed by atoms with Crippen LogP contribution in [0.1, 0.15) is 12.0 Å². The molecular formula is C12H13NO. The third-order valence-corrected chi connectivity index (χ3v) is 1.73. The van der Waals surface area contributed by atoms with Gasteiger partial charge >= 0.3 is 0 Å². The number of hydrogen-bond donors (Lipinski definition) is 0. The molecule has 0 saturated heterocycles. The van der Waals surface area contributed by atoms with Crippen LogP contribution in [-0.4, -0.2) is 12.5 Å². The lowest BCUT2D eigenvalue weighted by Crippen LogP contribution is -1.72. The minimum Gasteiger partial charge on any atom is -0.299 e. The van der Waals surface area contributed by atoms with E-state index in [4.69, 9.17) is 0 Å². The van der Waals surface area contributed by atoms with Gasteiger partial charge in [0.25, 0.3) is 0 Å². The molecule has 0 amide bonds. The molecule has 1 aromatic rings. The van der Waals surface area contributed by atoms with E-state index in [1.807, 2.05) is 31.2 Å². The summed E-state index contributed by atoms with van der Waals surface area (Å²) in [6.07, 6.45) is 6.48. The zero-order chi connectivity index (χ0) is 10.2. The highest BCUT2D eigenvalue weighted by atomic mass is 16.1. The first-order valence-electron chi connectivity index (χ1n) is 4.52. The molecule has 0 fully saturated rings. The maximum atomic E-state index is 9.94. The summed E-state index contributed by atoms with van der Waals surface area (Å²) in [5.41, 5.74) is 2.17. The molecule has 0 aromatic heterocycles. The molecule has 0 heterocycles. The Balaban J connectivity index is 2.47. The number of benzene rings is 1. The first-order valence-corrected chi connectivity index (χ1v) is 4.52. The number of aliphatic imine (C=N–C) groups is 1. The first kappa shape index (κ1) is 10.4. The molecule has 0 unspecified atom stereocenters. The van der Waals surface area contributed by atoms with Gasteiger partial charge in [-0.15, -0.1) is 0 Å². The molecule has 0 bridgehead atoms. The van der Waals surface area contributed by atoms with Gasteiger partial charge < -0.3 is 0 Å². The molecule has 0 N–H and O–H groups in total. The summed E-state index contributed by atoms with van der Waals surface area (Å²) in [4.78, 5) is 14.2. The number of aldehydes is 1. The molecule has 1 rings (SSSR count). The van der Waals surface area contributed by atoms with Crippen LogP contribution in [0, 0.1) is 6.92 Å². The van der Waals surface area contributed by atoms with Crippen LogP contribution in [0.5, 0.6) is 0 Å². The van der Waals surface area contributed by atoms with Crippen molar-refractivity contribution >= 4 is 18.2 Å². The Kier molecular flexibility index (Phi) is 4.35. The van der Waals surface area contributed by atoms with E-state index in [0.717, 1.165) is 12.0 Å². The molecular weight excluding hydrogens is 174 g/mol. The van der Waals surface area contributed by atoms with Gasteiger partial charge in [-0.2, -0.15) is 0 Å². The normalized spacial score (nSPS) is 11.2. The van der Waals surface area contributed by atoms with E-state index >= 15 is 0 Å². The second-order valence-electron chi connectivity index (χ2n) is 2.95. The van der Waals surface area contributed by atoms with Crippen molar-refractivity contribution in [2.45, 2.75) is 13.3 Å². The van der Waals surface area contributed by atoms with Crippen molar-refractivity contribution < 1.29 is 4.79 Å². The number of carbonyl (C=O) groups excluding carboxylic acids is 1. The average Bonchev–Trinajstić information content (AvgIpc) is 2.21. The van der Waals surface area contributed by atoms with Gasteiger partial charge in [-0.3, -0.25) is 9.79 Å². The molecule has 1 aromatic carbocycles. The predicted molar refractivity (Wildman–Crippen MR) is 59.2 cm³/mol. The van der Waals surface area contributed by atoms with Crippen LogP contribution in [0.15, 0.2) is 41.4 Å². The summed E-state index contributed by atoms with van der Waals surface area (Å²) in [6.45, 7) is 2.04. The zero-order valence-electron chi connectivity index (χ0n) is 8.18. The summed E-state index contributed by atoms with van der Waals surface area (Å²) in [7, 11) is 0. The molecule has 0 atom stereocenters. The molecule has 14 heavy (non-hydrogen) atoms. The van der Waals surface area contributed by atoms with Crippen LogP contribution >= 0.6 is 0 Å². The van der Waals surface area contributed by atoms with Crippen molar-refractivity contribution in [3.05, 3.63) is 42.0 Å². The second kappa shape index (κ2) is 5.86. The number of nitrogens with zero attached hydrogens (tertiary/aromatic N) is 1. The van der Waals surface area contributed by atoms with Crippen LogP contribution in [-0.2, 0) is 4.79 Å². The maximum absolute atomic E-state index is 9.94. The highest BCUT2D eigenvalue weighted by Gasteiger charge is 1.85. The van der Waals surface area contributed by atoms with Gasteiger partial charge in [-0.05, 0) is 25.1 Å². The average molecular weight is 187 g/mol. The van der Waals surface area contributed by atoms with Crippen LogP contribution < -0.4 is 0 Å². The Labute approximate surface area is 84.0 Å². The van der Waals surface area contributed by atoms with Gasteiger partial charge in [0, 0.05) is 12.6 Å². The maximum Gasteiger partial charge on any atom is 0.142 e. The van der Waals surface area contributed by atoms with E-state index in [1.54, 1.807) is 12.3 Å². The van der Waals surface area contributed by atoms with Gasteiger partial charge in [0.1, 0.15) is 6.29 Å². The van der Waals surface area contributed by atoms with Crippen LogP contribution in [0.3, 0.4) is 0 Å². The number of aryl methyl sites for hydroxylation is 1. The van der Waals surface area contributed by atoms with Gasteiger partial charge in [0.15, 0.2) is 0 Å². The van der Waals surface area contributed by atoms with Gasteiger partial charge in [0.05, 0.1) is 5.69 Å². The van der Waals surface area contributed by atoms with Crippen LogP contribution in [0.25, 0.3) is 0 Å². The summed E-state index contributed by atoms with van der Waals surface area (Å²) in [5.74, 6) is 0. The topological polar surface area (TPSA) is 29.4 Å². The molecule has 0 saturated carbocycles. The van der Waals surface area contributed by atoms with Crippen molar-refractivity contribution in [3.63, 3.8) is 0 Å². The SMILES string of the molecule is Cc1ccc(N=CCC=CC=O)cc1. The lowest BCUT2D eigenvalue weighted by molar-refractivity contribution is -0.104. The minimum atomic E-state index is 0.687. The fourth-order valence-electron chi connectivity index (χ4n) is 0.984. The Bertz CT molecular complexity index is 336. The molecule has 2 nitrogen and oxygen atoms in total. The summed E-state index contributed by atoms with van der Waals surface area (Å²) in [5, 5.41) is 0. The summed E-state index contributed by atoms with van der Waals surface area (Å²) < 4.78 is 0. The van der Waals surface area contributed by atoms with Crippen molar-refractivity contribution in [2.75, 3.05) is 0 Å². The van der Waals surface area contributed by atoms with Crippen LogP contribution in [0.4, 0.5) is 5.69 Å². The first-order chi connectivity index (χ1) is 6.83. The van der Waals surface area contributed by atoms with E-state index in [1.165, 1.54) is 11.6 Å². The van der Waals surface area contributed by atoms with Crippen LogP contribution in [0.2, 0.25) is 0 Å². The van der Waals surface area contributed by atoms with E-state index in [-0.39, 0.29) is 0 Å². The molecule has 0 aliphatic carbocycles. The van der Waals surface area contributed by atoms with E-state index in [2.05, 4.69) is 4.99 Å². The van der Waals surface area contributed by atoms with Crippen molar-refractivity contribution in [1.82, 2.24) is 0 Å². The monoisotopic (exact) mass is 187 g/mol. The Morgan fingerprint density at radius 3 is 2.64 bits per heavy atom. The summed E-state index contributed by atoms with van der Waals surface area (Å²) >= 11 is 0. The number of carbonyl (C=O) groups is 1. The Morgan fingerprint density at radius 1 is 1.29 bits per heavy atom. The van der Waals surface area contributed by atoms with Gasteiger partial charge in [-0.1, -0.05) is 23.8 Å². The van der Waals surface area contributed by atoms with E-state index in [9.17, 15) is 4.79 Å². The lowest BCUT2D eigenvalue weighted by Gasteiger charge is -1.93. The Hall–Kier alpha value is -1.70. The molecule has 0 radical (unpaired) electrons. The largest absolute Gasteiger partial charge is 0.299 e. The third kappa shape index (κ3) is 3.81. The number of hydrogen-bond acceptors (Lipinski definition) is 2. The fourth-order valence-corrected chi connectivity index (χ4v) is 0.984. The summed E-state index contributed by atoms with van der Waals surface area (Å²) in [6, 6.07) is 7.98. The predicted octanol–water partition coefficient (Wildman–Crippen LogP) is 2.84. The molecule has 0 spiro atoms. The zero-order valence-corrected chi connectivity index (χ0v) is 8.18. The van der Waals surface area contributed by atoms with E-state index < -0.39 is 0 Å². The molecule has 72 valence electrons. The minimum absolute atomic E-state index is 0.687.